The minimum absolute atomic E-state index is 0.0492. The van der Waals surface area contributed by atoms with E-state index in [1.165, 1.54) is 12.1 Å². The predicted molar refractivity (Wildman–Crippen MR) is 92.0 cm³/mol. The summed E-state index contributed by atoms with van der Waals surface area (Å²) in [5.74, 6) is -0.0867. The molecule has 0 saturated heterocycles. The largest absolute Gasteiger partial charge is 0.476 e. The van der Waals surface area contributed by atoms with Crippen molar-refractivity contribution in [2.45, 2.75) is 38.3 Å². The molecule has 0 spiro atoms. The van der Waals surface area contributed by atoms with Gasteiger partial charge < -0.3 is 10.1 Å². The van der Waals surface area contributed by atoms with Crippen LogP contribution in [0.25, 0.3) is 0 Å². The van der Waals surface area contributed by atoms with Crippen LogP contribution in [0.1, 0.15) is 48.2 Å². The third kappa shape index (κ3) is 4.44. The standard InChI is InChI=1S/C20H20FNO3/c1-2-18(23)13-5-11-17(12-6-13)25-19(20(24)22-16-9-10-16)14-3-7-15(21)8-4-14/h3-8,11-12,16,19H,2,9-10H2,1H3,(H,22,24). The van der Waals surface area contributed by atoms with E-state index in [9.17, 15) is 14.0 Å². The van der Waals surface area contributed by atoms with E-state index in [1.54, 1.807) is 43.3 Å². The fraction of sp³-hybridized carbons (Fsp3) is 0.300. The van der Waals surface area contributed by atoms with E-state index in [1.807, 2.05) is 0 Å². The van der Waals surface area contributed by atoms with E-state index in [-0.39, 0.29) is 23.5 Å². The Labute approximate surface area is 146 Å². The van der Waals surface area contributed by atoms with Crippen molar-refractivity contribution in [1.82, 2.24) is 5.32 Å². The monoisotopic (exact) mass is 341 g/mol. The first-order chi connectivity index (χ1) is 12.1. The lowest BCUT2D eigenvalue weighted by molar-refractivity contribution is -0.128. The van der Waals surface area contributed by atoms with Gasteiger partial charge in [0, 0.05) is 23.6 Å². The Morgan fingerprint density at radius 1 is 1.12 bits per heavy atom. The zero-order valence-corrected chi connectivity index (χ0v) is 14.0. The van der Waals surface area contributed by atoms with Gasteiger partial charge >= 0.3 is 0 Å². The second-order valence-electron chi connectivity index (χ2n) is 6.13. The van der Waals surface area contributed by atoms with Gasteiger partial charge in [0.2, 0.25) is 6.10 Å². The Bertz CT molecular complexity index is 752. The molecule has 3 rings (SSSR count). The number of hydrogen-bond donors (Lipinski definition) is 1. The third-order valence-electron chi connectivity index (χ3n) is 4.09. The molecule has 1 amide bonds. The molecular weight excluding hydrogens is 321 g/mol. The number of carbonyl (C=O) groups is 2. The molecular formula is C20H20FNO3. The molecule has 1 atom stereocenters. The molecule has 5 heteroatoms. The first kappa shape index (κ1) is 17.1. The average molecular weight is 341 g/mol. The summed E-state index contributed by atoms with van der Waals surface area (Å²) in [5.41, 5.74) is 1.18. The van der Waals surface area contributed by atoms with Gasteiger partial charge in [-0.05, 0) is 49.2 Å². The van der Waals surface area contributed by atoms with Crippen LogP contribution < -0.4 is 10.1 Å². The number of nitrogens with one attached hydrogen (secondary N) is 1. The number of carbonyl (C=O) groups excluding carboxylic acids is 2. The lowest BCUT2D eigenvalue weighted by atomic mass is 10.1. The van der Waals surface area contributed by atoms with Crippen LogP contribution in [0.15, 0.2) is 48.5 Å². The second kappa shape index (κ2) is 7.47. The summed E-state index contributed by atoms with van der Waals surface area (Å²) < 4.78 is 19.0. The third-order valence-corrected chi connectivity index (χ3v) is 4.09. The topological polar surface area (TPSA) is 55.4 Å². The Morgan fingerprint density at radius 3 is 2.32 bits per heavy atom. The molecule has 1 saturated carbocycles. The molecule has 0 heterocycles. The van der Waals surface area contributed by atoms with E-state index < -0.39 is 6.10 Å². The molecule has 0 aromatic heterocycles. The van der Waals surface area contributed by atoms with Gasteiger partial charge in [-0.25, -0.2) is 4.39 Å². The number of amides is 1. The lowest BCUT2D eigenvalue weighted by Crippen LogP contribution is -2.33. The molecule has 0 bridgehead atoms. The molecule has 2 aromatic carbocycles. The van der Waals surface area contributed by atoms with Crippen LogP contribution in [-0.4, -0.2) is 17.7 Å². The molecule has 0 aliphatic heterocycles. The average Bonchev–Trinajstić information content (AvgIpc) is 3.44. The highest BCUT2D eigenvalue weighted by Crippen LogP contribution is 2.26. The van der Waals surface area contributed by atoms with E-state index in [4.69, 9.17) is 4.74 Å². The summed E-state index contributed by atoms with van der Waals surface area (Å²) in [7, 11) is 0. The Hall–Kier alpha value is -2.69. The van der Waals surface area contributed by atoms with Crippen molar-refractivity contribution in [3.05, 3.63) is 65.5 Å². The zero-order chi connectivity index (χ0) is 17.8. The van der Waals surface area contributed by atoms with Crippen LogP contribution >= 0.6 is 0 Å². The summed E-state index contributed by atoms with van der Waals surface area (Å²) in [4.78, 5) is 24.2. The molecule has 1 N–H and O–H groups in total. The minimum atomic E-state index is -0.867. The summed E-state index contributed by atoms with van der Waals surface area (Å²) in [6.45, 7) is 1.81. The number of Topliss-reactive ketones (excluding diaryl/α,β-unsaturated/α-hetero) is 1. The lowest BCUT2D eigenvalue weighted by Gasteiger charge is -2.19. The van der Waals surface area contributed by atoms with E-state index >= 15 is 0 Å². The van der Waals surface area contributed by atoms with Crippen molar-refractivity contribution in [3.8, 4) is 5.75 Å². The van der Waals surface area contributed by atoms with Crippen LogP contribution in [0, 0.1) is 5.82 Å². The van der Waals surface area contributed by atoms with E-state index in [2.05, 4.69) is 5.32 Å². The zero-order valence-electron chi connectivity index (χ0n) is 14.0. The van der Waals surface area contributed by atoms with E-state index in [0.29, 0.717) is 23.3 Å². The maximum absolute atomic E-state index is 13.2. The van der Waals surface area contributed by atoms with Crippen molar-refractivity contribution >= 4 is 11.7 Å². The highest BCUT2D eigenvalue weighted by atomic mass is 19.1. The summed E-state index contributed by atoms with van der Waals surface area (Å²) in [6.07, 6.45) is 1.50. The fourth-order valence-corrected chi connectivity index (χ4v) is 2.47. The van der Waals surface area contributed by atoms with Crippen LogP contribution in [-0.2, 0) is 4.79 Å². The number of hydrogen-bond acceptors (Lipinski definition) is 3. The molecule has 1 aliphatic rings. The highest BCUT2D eigenvalue weighted by molar-refractivity contribution is 5.95. The van der Waals surface area contributed by atoms with Gasteiger partial charge in [0.1, 0.15) is 11.6 Å². The number of halogens is 1. The van der Waals surface area contributed by atoms with E-state index in [0.717, 1.165) is 12.8 Å². The van der Waals surface area contributed by atoms with Gasteiger partial charge in [0.05, 0.1) is 0 Å². The fourth-order valence-electron chi connectivity index (χ4n) is 2.47. The number of ether oxygens (including phenoxy) is 1. The van der Waals surface area contributed by atoms with Crippen molar-refractivity contribution in [1.29, 1.82) is 0 Å². The molecule has 4 nitrogen and oxygen atoms in total. The Morgan fingerprint density at radius 2 is 1.76 bits per heavy atom. The SMILES string of the molecule is CCC(=O)c1ccc(OC(C(=O)NC2CC2)c2ccc(F)cc2)cc1. The maximum Gasteiger partial charge on any atom is 0.266 e. The first-order valence-electron chi connectivity index (χ1n) is 8.42. The van der Waals surface area contributed by atoms with Crippen LogP contribution in [0.4, 0.5) is 4.39 Å². The second-order valence-corrected chi connectivity index (χ2v) is 6.13. The predicted octanol–water partition coefficient (Wildman–Crippen LogP) is 3.82. The van der Waals surface area contributed by atoms with Crippen molar-refractivity contribution in [3.63, 3.8) is 0 Å². The number of rotatable bonds is 7. The molecule has 130 valence electrons. The van der Waals surface area contributed by atoms with Crippen LogP contribution in [0.5, 0.6) is 5.75 Å². The number of benzene rings is 2. The van der Waals surface area contributed by atoms with Crippen LogP contribution in [0.2, 0.25) is 0 Å². The molecule has 1 aliphatic carbocycles. The van der Waals surface area contributed by atoms with Gasteiger partial charge in [-0.2, -0.15) is 0 Å². The molecule has 2 aromatic rings. The molecule has 0 radical (unpaired) electrons. The van der Waals surface area contributed by atoms with Crippen molar-refractivity contribution < 1.29 is 18.7 Å². The van der Waals surface area contributed by atoms with Gasteiger partial charge in [0.15, 0.2) is 5.78 Å². The minimum Gasteiger partial charge on any atom is -0.476 e. The Balaban J connectivity index is 1.79. The van der Waals surface area contributed by atoms with Crippen molar-refractivity contribution in [2.24, 2.45) is 0 Å². The maximum atomic E-state index is 13.2. The smallest absolute Gasteiger partial charge is 0.266 e. The van der Waals surface area contributed by atoms with Gasteiger partial charge in [-0.1, -0.05) is 19.1 Å². The van der Waals surface area contributed by atoms with Gasteiger partial charge in [0.25, 0.3) is 5.91 Å². The highest BCUT2D eigenvalue weighted by Gasteiger charge is 2.29. The van der Waals surface area contributed by atoms with Gasteiger partial charge in [-0.15, -0.1) is 0 Å². The van der Waals surface area contributed by atoms with Crippen molar-refractivity contribution in [2.75, 3.05) is 0 Å². The van der Waals surface area contributed by atoms with Crippen LogP contribution in [0.3, 0.4) is 0 Å². The first-order valence-corrected chi connectivity index (χ1v) is 8.42. The molecule has 25 heavy (non-hydrogen) atoms. The summed E-state index contributed by atoms with van der Waals surface area (Å²) in [5, 5.41) is 2.91. The normalized spacial score (nSPS) is 14.6. The summed E-state index contributed by atoms with van der Waals surface area (Å²) in [6, 6.07) is 12.6. The molecule has 1 fully saturated rings. The molecule has 1 unspecified atom stereocenters. The Kier molecular flexibility index (Phi) is 5.12. The summed E-state index contributed by atoms with van der Waals surface area (Å²) >= 11 is 0. The quantitative estimate of drug-likeness (QED) is 0.779. The van der Waals surface area contributed by atoms with Gasteiger partial charge in [-0.3, -0.25) is 9.59 Å². The number of ketones is 1.